The maximum atomic E-state index is 12.2. The zero-order chi connectivity index (χ0) is 15.0. The van der Waals surface area contributed by atoms with Crippen LogP contribution < -0.4 is 4.90 Å². The molecular weight excluding hydrogens is 286 g/mol. The third-order valence-electron chi connectivity index (χ3n) is 2.75. The molecule has 0 unspecified atom stereocenters. The van der Waals surface area contributed by atoms with E-state index in [4.69, 9.17) is 11.6 Å². The summed E-state index contributed by atoms with van der Waals surface area (Å²) in [5.41, 5.74) is -0.0371. The molecule has 1 heterocycles. The number of rotatable bonds is 3. The van der Waals surface area contributed by atoms with Gasteiger partial charge in [-0.25, -0.2) is 4.90 Å². The van der Waals surface area contributed by atoms with Crippen molar-refractivity contribution >= 4 is 34.8 Å². The lowest BCUT2D eigenvalue weighted by atomic mass is 10.2. The third kappa shape index (κ3) is 2.12. The first-order valence-electron chi connectivity index (χ1n) is 5.55. The average molecular weight is 296 g/mol. The van der Waals surface area contributed by atoms with Crippen LogP contribution in [0.4, 0.5) is 11.4 Å². The number of carbonyl (C=O) groups excluding carboxylic acids is 2. The van der Waals surface area contributed by atoms with Crippen molar-refractivity contribution in [2.75, 3.05) is 19.0 Å². The fourth-order valence-corrected chi connectivity index (χ4v) is 2.19. The van der Waals surface area contributed by atoms with Crippen molar-refractivity contribution in [3.05, 3.63) is 45.1 Å². The zero-order valence-corrected chi connectivity index (χ0v) is 11.4. The Labute approximate surface area is 119 Å². The molecule has 0 spiro atoms. The number of nitro benzene ring substituents is 1. The fraction of sp³-hybridized carbons (Fsp3) is 0.167. The molecule has 8 heteroatoms. The van der Waals surface area contributed by atoms with Gasteiger partial charge in [-0.2, -0.15) is 0 Å². The first kappa shape index (κ1) is 14.0. The summed E-state index contributed by atoms with van der Waals surface area (Å²) in [6.45, 7) is 0. The minimum atomic E-state index is -0.694. The summed E-state index contributed by atoms with van der Waals surface area (Å²) in [6, 6.07) is 5.26. The van der Waals surface area contributed by atoms with Gasteiger partial charge in [0.05, 0.1) is 10.6 Å². The Morgan fingerprint density at radius 2 is 1.90 bits per heavy atom. The van der Waals surface area contributed by atoms with Gasteiger partial charge in [-0.1, -0.05) is 17.7 Å². The number of nitro groups is 1. The molecule has 7 nitrogen and oxygen atoms in total. The average Bonchev–Trinajstić information content (AvgIpc) is 2.60. The molecule has 0 saturated carbocycles. The van der Waals surface area contributed by atoms with Crippen molar-refractivity contribution in [2.24, 2.45) is 0 Å². The van der Waals surface area contributed by atoms with Crippen LogP contribution in [-0.2, 0) is 9.59 Å². The summed E-state index contributed by atoms with van der Waals surface area (Å²) in [4.78, 5) is 36.6. The summed E-state index contributed by atoms with van der Waals surface area (Å²) in [5, 5.41) is 10.5. The number of carbonyl (C=O) groups is 2. The van der Waals surface area contributed by atoms with Crippen molar-refractivity contribution in [1.82, 2.24) is 4.90 Å². The summed E-state index contributed by atoms with van der Waals surface area (Å²) in [5.74, 6) is -1.30. The van der Waals surface area contributed by atoms with Crippen LogP contribution in [0.15, 0.2) is 35.0 Å². The van der Waals surface area contributed by atoms with Gasteiger partial charge in [-0.05, 0) is 6.07 Å². The smallest absolute Gasteiger partial charge is 0.283 e. The van der Waals surface area contributed by atoms with Gasteiger partial charge in [0, 0.05) is 26.2 Å². The van der Waals surface area contributed by atoms with E-state index < -0.39 is 16.7 Å². The number of benzene rings is 1. The minimum Gasteiger partial charge on any atom is -0.372 e. The van der Waals surface area contributed by atoms with Crippen LogP contribution in [0.25, 0.3) is 0 Å². The van der Waals surface area contributed by atoms with Crippen LogP contribution in [0.1, 0.15) is 0 Å². The Bertz CT molecular complexity index is 654. The van der Waals surface area contributed by atoms with E-state index >= 15 is 0 Å². The van der Waals surface area contributed by atoms with Gasteiger partial charge in [0.1, 0.15) is 10.7 Å². The first-order valence-corrected chi connectivity index (χ1v) is 5.92. The monoisotopic (exact) mass is 295 g/mol. The highest BCUT2D eigenvalue weighted by atomic mass is 35.5. The molecule has 0 N–H and O–H groups in total. The molecule has 0 radical (unpaired) electrons. The SMILES string of the molecule is CN(C)C1=C(Cl)C(=O)N(c2cccc([N+](=O)[O-])c2)C1=O. The van der Waals surface area contributed by atoms with Gasteiger partial charge >= 0.3 is 0 Å². The molecule has 1 aromatic rings. The van der Waals surface area contributed by atoms with E-state index in [0.29, 0.717) is 0 Å². The van der Waals surface area contributed by atoms with Crippen molar-refractivity contribution < 1.29 is 14.5 Å². The summed E-state index contributed by atoms with van der Waals surface area (Å²) in [6.07, 6.45) is 0. The van der Waals surface area contributed by atoms with E-state index in [1.807, 2.05) is 0 Å². The normalized spacial score (nSPS) is 15.1. The summed E-state index contributed by atoms with van der Waals surface area (Å²) >= 11 is 5.86. The summed E-state index contributed by atoms with van der Waals surface area (Å²) in [7, 11) is 3.17. The minimum absolute atomic E-state index is 0.0585. The van der Waals surface area contributed by atoms with E-state index in [-0.39, 0.29) is 22.1 Å². The van der Waals surface area contributed by atoms with Gasteiger partial charge < -0.3 is 4.90 Å². The molecule has 1 aromatic carbocycles. The van der Waals surface area contributed by atoms with Crippen LogP contribution in [0.3, 0.4) is 0 Å². The van der Waals surface area contributed by atoms with E-state index in [2.05, 4.69) is 0 Å². The molecule has 0 aromatic heterocycles. The third-order valence-corrected chi connectivity index (χ3v) is 3.09. The standard InChI is InChI=1S/C12H10ClN3O4/c1-14(2)10-9(13)11(17)15(12(10)18)7-4-3-5-8(6-7)16(19)20/h3-6H,1-2H3. The van der Waals surface area contributed by atoms with Gasteiger partial charge in [-0.15, -0.1) is 0 Å². The first-order chi connectivity index (χ1) is 9.34. The second kappa shape index (κ2) is 4.93. The fourth-order valence-electron chi connectivity index (χ4n) is 1.86. The Morgan fingerprint density at radius 1 is 1.25 bits per heavy atom. The second-order valence-corrected chi connectivity index (χ2v) is 4.66. The number of anilines is 1. The van der Waals surface area contributed by atoms with E-state index in [0.717, 1.165) is 11.0 Å². The number of hydrogen-bond acceptors (Lipinski definition) is 5. The van der Waals surface area contributed by atoms with Crippen LogP contribution >= 0.6 is 11.6 Å². The largest absolute Gasteiger partial charge is 0.372 e. The maximum absolute atomic E-state index is 12.2. The van der Waals surface area contributed by atoms with Gasteiger partial charge in [-0.3, -0.25) is 19.7 Å². The van der Waals surface area contributed by atoms with Crippen molar-refractivity contribution in [3.8, 4) is 0 Å². The molecular formula is C12H10ClN3O4. The number of halogens is 1. The second-order valence-electron chi connectivity index (χ2n) is 4.28. The maximum Gasteiger partial charge on any atom is 0.283 e. The molecule has 0 fully saturated rings. The molecule has 104 valence electrons. The van der Waals surface area contributed by atoms with Crippen LogP contribution in [0, 0.1) is 10.1 Å². The van der Waals surface area contributed by atoms with Gasteiger partial charge in [0.25, 0.3) is 17.5 Å². The van der Waals surface area contributed by atoms with Crippen LogP contribution in [0.2, 0.25) is 0 Å². The Hall–Kier alpha value is -2.41. The predicted octanol–water partition coefficient (Wildman–Crippen LogP) is 1.48. The highest BCUT2D eigenvalue weighted by molar-refractivity contribution is 6.52. The summed E-state index contributed by atoms with van der Waals surface area (Å²) < 4.78 is 0. The Morgan fingerprint density at radius 3 is 2.40 bits per heavy atom. The number of imide groups is 1. The highest BCUT2D eigenvalue weighted by Gasteiger charge is 2.40. The number of nitrogens with zero attached hydrogens (tertiary/aromatic N) is 3. The van der Waals surface area contributed by atoms with E-state index in [9.17, 15) is 19.7 Å². The lowest BCUT2D eigenvalue weighted by Crippen LogP contribution is -2.33. The van der Waals surface area contributed by atoms with Crippen molar-refractivity contribution in [3.63, 3.8) is 0 Å². The van der Waals surface area contributed by atoms with Crippen molar-refractivity contribution in [2.45, 2.75) is 0 Å². The molecule has 1 aliphatic heterocycles. The number of likely N-dealkylation sites (N-methyl/N-ethyl adjacent to an activating group) is 1. The Balaban J connectivity index is 2.46. The molecule has 20 heavy (non-hydrogen) atoms. The molecule has 1 aliphatic rings. The topological polar surface area (TPSA) is 83.8 Å². The highest BCUT2D eigenvalue weighted by Crippen LogP contribution is 2.31. The zero-order valence-electron chi connectivity index (χ0n) is 10.7. The number of hydrogen-bond donors (Lipinski definition) is 0. The number of amides is 2. The predicted molar refractivity (Wildman–Crippen MR) is 72.2 cm³/mol. The van der Waals surface area contributed by atoms with Crippen molar-refractivity contribution in [1.29, 1.82) is 0 Å². The van der Waals surface area contributed by atoms with Gasteiger partial charge in [0.2, 0.25) is 0 Å². The molecule has 0 aliphatic carbocycles. The molecule has 0 saturated heterocycles. The van der Waals surface area contributed by atoms with E-state index in [1.165, 1.54) is 23.1 Å². The number of non-ortho nitro benzene ring substituents is 1. The van der Waals surface area contributed by atoms with Gasteiger partial charge in [0.15, 0.2) is 0 Å². The molecule has 2 rings (SSSR count). The quantitative estimate of drug-likeness (QED) is 0.479. The van der Waals surface area contributed by atoms with Crippen LogP contribution in [0.5, 0.6) is 0 Å². The van der Waals surface area contributed by atoms with E-state index in [1.54, 1.807) is 14.1 Å². The van der Waals surface area contributed by atoms with Crippen LogP contribution in [-0.4, -0.2) is 35.7 Å². The molecule has 2 amide bonds. The Kier molecular flexibility index (Phi) is 3.46. The lowest BCUT2D eigenvalue weighted by molar-refractivity contribution is -0.384. The molecule has 0 bridgehead atoms. The molecule has 0 atom stereocenters. The lowest BCUT2D eigenvalue weighted by Gasteiger charge is -2.16.